The third-order valence-electron chi connectivity index (χ3n) is 3.91. The first-order valence-corrected chi connectivity index (χ1v) is 7.28. The summed E-state index contributed by atoms with van der Waals surface area (Å²) < 4.78 is 45.2. The lowest BCUT2D eigenvalue weighted by Crippen LogP contribution is -2.45. The molecule has 1 fully saturated rings. The van der Waals surface area contributed by atoms with Gasteiger partial charge in [-0.15, -0.1) is 19.0 Å². The predicted molar refractivity (Wildman–Crippen MR) is 87.2 cm³/mol. The van der Waals surface area contributed by atoms with Crippen LogP contribution in [0.15, 0.2) is 30.9 Å². The molecular weight excluding hydrogens is 329 g/mol. The molecule has 0 aromatic heterocycles. The second kappa shape index (κ2) is 8.57. The highest BCUT2D eigenvalue weighted by Crippen LogP contribution is 2.39. The molecule has 3 nitrogen and oxygen atoms in total. The average Bonchev–Trinajstić information content (AvgIpc) is 2.52. The fourth-order valence-electron chi connectivity index (χ4n) is 2.82. The van der Waals surface area contributed by atoms with Crippen molar-refractivity contribution in [1.29, 1.82) is 0 Å². The molecule has 1 atom stereocenters. The third-order valence-corrected chi connectivity index (χ3v) is 3.91. The molecule has 1 heterocycles. The van der Waals surface area contributed by atoms with Gasteiger partial charge in [-0.1, -0.05) is 12.1 Å². The smallest absolute Gasteiger partial charge is 0.416 e. The Labute approximate surface area is 140 Å². The predicted octanol–water partition coefficient (Wildman–Crippen LogP) is 3.66. The summed E-state index contributed by atoms with van der Waals surface area (Å²) in [6, 6.07) is 3.87. The van der Waals surface area contributed by atoms with Gasteiger partial charge in [0.1, 0.15) is 5.75 Å². The zero-order valence-electron chi connectivity index (χ0n) is 13.0. The number of halogens is 4. The molecule has 0 radical (unpaired) electrons. The molecule has 0 spiro atoms. The summed E-state index contributed by atoms with van der Waals surface area (Å²) in [5.74, 6) is 0.216. The maximum Gasteiger partial charge on any atom is 0.416 e. The largest absolute Gasteiger partial charge is 0.497 e. The van der Waals surface area contributed by atoms with E-state index in [0.29, 0.717) is 6.42 Å². The Morgan fingerprint density at radius 3 is 2.52 bits per heavy atom. The van der Waals surface area contributed by atoms with E-state index in [9.17, 15) is 13.2 Å². The minimum Gasteiger partial charge on any atom is -0.497 e. The van der Waals surface area contributed by atoms with Crippen molar-refractivity contribution in [3.8, 4) is 5.75 Å². The van der Waals surface area contributed by atoms with Gasteiger partial charge < -0.3 is 10.1 Å². The molecule has 1 saturated heterocycles. The molecule has 1 aromatic rings. The number of ether oxygens (including phenoxy) is 1. The van der Waals surface area contributed by atoms with Crippen molar-refractivity contribution >= 4 is 12.4 Å². The van der Waals surface area contributed by atoms with E-state index in [1.54, 1.807) is 12.1 Å². The van der Waals surface area contributed by atoms with Gasteiger partial charge in [0.2, 0.25) is 0 Å². The van der Waals surface area contributed by atoms with Crippen LogP contribution in [0.1, 0.15) is 23.6 Å². The van der Waals surface area contributed by atoms with E-state index in [-0.39, 0.29) is 29.8 Å². The van der Waals surface area contributed by atoms with Crippen molar-refractivity contribution in [2.75, 3.05) is 33.3 Å². The van der Waals surface area contributed by atoms with E-state index in [4.69, 9.17) is 4.74 Å². The van der Waals surface area contributed by atoms with Crippen molar-refractivity contribution in [2.45, 2.75) is 18.6 Å². The van der Waals surface area contributed by atoms with Gasteiger partial charge in [-0.25, -0.2) is 0 Å². The number of hydrogen-bond donors (Lipinski definition) is 1. The van der Waals surface area contributed by atoms with Crippen LogP contribution in [0.4, 0.5) is 13.2 Å². The highest BCUT2D eigenvalue weighted by molar-refractivity contribution is 5.85. The number of rotatable bonds is 5. The van der Waals surface area contributed by atoms with Crippen molar-refractivity contribution in [1.82, 2.24) is 10.2 Å². The van der Waals surface area contributed by atoms with Crippen LogP contribution >= 0.6 is 12.4 Å². The summed E-state index contributed by atoms with van der Waals surface area (Å²) in [5, 5.41) is 3.22. The Hall–Kier alpha value is -1.24. The van der Waals surface area contributed by atoms with Crippen LogP contribution in [0.25, 0.3) is 0 Å². The van der Waals surface area contributed by atoms with E-state index in [1.807, 2.05) is 0 Å². The Morgan fingerprint density at radius 2 is 2.00 bits per heavy atom. The maximum atomic E-state index is 13.4. The van der Waals surface area contributed by atoms with Crippen molar-refractivity contribution in [3.63, 3.8) is 0 Å². The van der Waals surface area contributed by atoms with Crippen molar-refractivity contribution < 1.29 is 17.9 Å². The quantitative estimate of drug-likeness (QED) is 0.820. The van der Waals surface area contributed by atoms with Gasteiger partial charge >= 0.3 is 6.18 Å². The molecule has 0 unspecified atom stereocenters. The summed E-state index contributed by atoms with van der Waals surface area (Å²) in [7, 11) is 1.37. The fraction of sp³-hybridized carbons (Fsp3) is 0.500. The Kier molecular flexibility index (Phi) is 7.38. The van der Waals surface area contributed by atoms with Crippen LogP contribution in [-0.4, -0.2) is 38.2 Å². The van der Waals surface area contributed by atoms with Crippen LogP contribution in [0, 0.1) is 0 Å². The molecular formula is C16H22ClF3N2O. The standard InChI is InChI=1S/C16H21F3N2O.ClH/c1-3-4-15(21-9-7-20-8-10-21)13-6-5-12(22-2)11-14(13)16(17,18)19;/h3,5-6,11,15,20H,1,4,7-10H2,2H3;1H/t15-;/m0./s1. The second-order valence-electron chi connectivity index (χ2n) is 5.28. The molecule has 2 rings (SSSR count). The molecule has 23 heavy (non-hydrogen) atoms. The zero-order valence-corrected chi connectivity index (χ0v) is 13.8. The lowest BCUT2D eigenvalue weighted by atomic mass is 9.95. The number of methoxy groups -OCH3 is 1. The van der Waals surface area contributed by atoms with Gasteiger partial charge in [0.15, 0.2) is 0 Å². The Balaban J connectivity index is 0.00000264. The number of alkyl halides is 3. The molecule has 0 amide bonds. The summed E-state index contributed by atoms with van der Waals surface area (Å²) in [6.07, 6.45) is -2.25. The first-order chi connectivity index (χ1) is 10.5. The van der Waals surface area contributed by atoms with Gasteiger partial charge in [-0.2, -0.15) is 13.2 Å². The molecule has 1 aliphatic heterocycles. The van der Waals surface area contributed by atoms with Crippen molar-refractivity contribution in [3.05, 3.63) is 42.0 Å². The Morgan fingerprint density at radius 1 is 1.35 bits per heavy atom. The summed E-state index contributed by atoms with van der Waals surface area (Å²) in [5.41, 5.74) is -0.340. The SMILES string of the molecule is C=CC[C@@H](c1ccc(OC)cc1C(F)(F)F)N1CCNCC1.Cl. The molecule has 7 heteroatoms. The van der Waals surface area contributed by atoms with Crippen LogP contribution in [0.3, 0.4) is 0 Å². The van der Waals surface area contributed by atoms with E-state index >= 15 is 0 Å². The molecule has 0 aliphatic carbocycles. The van der Waals surface area contributed by atoms with E-state index < -0.39 is 11.7 Å². The van der Waals surface area contributed by atoms with Gasteiger partial charge in [0.25, 0.3) is 0 Å². The Bertz CT molecular complexity index is 517. The first-order valence-electron chi connectivity index (χ1n) is 7.28. The van der Waals surface area contributed by atoms with E-state index in [2.05, 4.69) is 16.8 Å². The topological polar surface area (TPSA) is 24.5 Å². The molecule has 130 valence electrons. The molecule has 1 aliphatic rings. The van der Waals surface area contributed by atoms with E-state index in [1.165, 1.54) is 13.2 Å². The minimum absolute atomic E-state index is 0. The van der Waals surface area contributed by atoms with Crippen LogP contribution in [0.2, 0.25) is 0 Å². The number of nitrogens with zero attached hydrogens (tertiary/aromatic N) is 1. The summed E-state index contributed by atoms with van der Waals surface area (Å²) in [6.45, 7) is 6.71. The van der Waals surface area contributed by atoms with Gasteiger partial charge in [-0.05, 0) is 24.1 Å². The van der Waals surface area contributed by atoms with Gasteiger partial charge in [-0.3, -0.25) is 4.90 Å². The minimum atomic E-state index is -4.41. The third kappa shape index (κ3) is 4.86. The molecule has 1 N–H and O–H groups in total. The first kappa shape index (κ1) is 19.8. The van der Waals surface area contributed by atoms with Gasteiger partial charge in [0, 0.05) is 32.2 Å². The fourth-order valence-corrected chi connectivity index (χ4v) is 2.82. The van der Waals surface area contributed by atoms with Crippen LogP contribution < -0.4 is 10.1 Å². The van der Waals surface area contributed by atoms with E-state index in [0.717, 1.165) is 32.2 Å². The van der Waals surface area contributed by atoms with Gasteiger partial charge in [0.05, 0.1) is 12.7 Å². The molecule has 0 saturated carbocycles. The molecule has 0 bridgehead atoms. The number of piperazine rings is 1. The molecule has 1 aromatic carbocycles. The highest BCUT2D eigenvalue weighted by Gasteiger charge is 2.37. The lowest BCUT2D eigenvalue weighted by Gasteiger charge is -2.36. The highest BCUT2D eigenvalue weighted by atomic mass is 35.5. The average molecular weight is 351 g/mol. The van der Waals surface area contributed by atoms with Crippen LogP contribution in [-0.2, 0) is 6.18 Å². The summed E-state index contributed by atoms with van der Waals surface area (Å²) >= 11 is 0. The monoisotopic (exact) mass is 350 g/mol. The second-order valence-corrected chi connectivity index (χ2v) is 5.28. The zero-order chi connectivity index (χ0) is 16.2. The van der Waals surface area contributed by atoms with Crippen molar-refractivity contribution in [2.24, 2.45) is 0 Å². The number of hydrogen-bond acceptors (Lipinski definition) is 3. The van der Waals surface area contributed by atoms with Crippen LogP contribution in [0.5, 0.6) is 5.75 Å². The number of benzene rings is 1. The lowest BCUT2D eigenvalue weighted by molar-refractivity contribution is -0.139. The normalized spacial score (nSPS) is 17.2. The number of nitrogens with one attached hydrogen (secondary N) is 1. The maximum absolute atomic E-state index is 13.4. The summed E-state index contributed by atoms with van der Waals surface area (Å²) in [4.78, 5) is 2.08.